The third kappa shape index (κ3) is 3.35. The first-order valence-corrected chi connectivity index (χ1v) is 7.18. The SMILES string of the molecule is Cc1nc(Cl)c(C)c(NCC2CCC(C)CC2)n1. The Bertz CT molecular complexity index is 412. The summed E-state index contributed by atoms with van der Waals surface area (Å²) in [5, 5.41) is 4.00. The van der Waals surface area contributed by atoms with Crippen molar-refractivity contribution in [3.05, 3.63) is 16.5 Å². The number of halogens is 1. The number of hydrogen-bond acceptors (Lipinski definition) is 3. The molecule has 1 aromatic heterocycles. The number of nitrogens with one attached hydrogen (secondary N) is 1. The van der Waals surface area contributed by atoms with E-state index in [4.69, 9.17) is 11.6 Å². The lowest BCUT2D eigenvalue weighted by Gasteiger charge is -2.26. The van der Waals surface area contributed by atoms with Gasteiger partial charge in [0.05, 0.1) is 0 Å². The lowest BCUT2D eigenvalue weighted by Crippen LogP contribution is -2.21. The zero-order chi connectivity index (χ0) is 13.1. The fraction of sp³-hybridized carbons (Fsp3) is 0.714. The van der Waals surface area contributed by atoms with Gasteiger partial charge >= 0.3 is 0 Å². The summed E-state index contributed by atoms with van der Waals surface area (Å²) >= 11 is 6.07. The molecule has 0 radical (unpaired) electrons. The maximum atomic E-state index is 6.07. The lowest BCUT2D eigenvalue weighted by molar-refractivity contribution is 0.300. The van der Waals surface area contributed by atoms with Crippen LogP contribution in [0.25, 0.3) is 0 Å². The van der Waals surface area contributed by atoms with Crippen LogP contribution in [0, 0.1) is 25.7 Å². The van der Waals surface area contributed by atoms with Crippen molar-refractivity contribution in [2.24, 2.45) is 11.8 Å². The van der Waals surface area contributed by atoms with E-state index in [1.807, 2.05) is 13.8 Å². The molecule has 0 amide bonds. The molecule has 1 heterocycles. The topological polar surface area (TPSA) is 37.8 Å². The normalized spacial score (nSPS) is 24.0. The van der Waals surface area contributed by atoms with Crippen LogP contribution in [0.1, 0.15) is 44.0 Å². The van der Waals surface area contributed by atoms with Crippen molar-refractivity contribution in [3.8, 4) is 0 Å². The molecule has 100 valence electrons. The Labute approximate surface area is 114 Å². The van der Waals surface area contributed by atoms with Crippen LogP contribution in [0.15, 0.2) is 0 Å². The molecule has 3 nitrogen and oxygen atoms in total. The molecule has 0 bridgehead atoms. The monoisotopic (exact) mass is 267 g/mol. The Hall–Kier alpha value is -0.830. The average molecular weight is 268 g/mol. The standard InChI is InChI=1S/C14H22ClN3/c1-9-4-6-12(7-5-9)8-16-14-10(2)13(15)17-11(3)18-14/h9,12H,4-8H2,1-3H3,(H,16,17,18). The predicted molar refractivity (Wildman–Crippen MR) is 76.1 cm³/mol. The summed E-state index contributed by atoms with van der Waals surface area (Å²) in [6.07, 6.45) is 5.36. The molecule has 1 aliphatic rings. The first kappa shape index (κ1) is 13.6. The molecule has 18 heavy (non-hydrogen) atoms. The molecule has 1 saturated carbocycles. The van der Waals surface area contributed by atoms with Crippen molar-refractivity contribution in [1.82, 2.24) is 9.97 Å². The Morgan fingerprint density at radius 1 is 1.17 bits per heavy atom. The van der Waals surface area contributed by atoms with E-state index in [9.17, 15) is 0 Å². The minimum atomic E-state index is 0.558. The van der Waals surface area contributed by atoms with Crippen molar-refractivity contribution in [2.75, 3.05) is 11.9 Å². The quantitative estimate of drug-likeness (QED) is 0.842. The summed E-state index contributed by atoms with van der Waals surface area (Å²) in [6, 6.07) is 0. The summed E-state index contributed by atoms with van der Waals surface area (Å²) in [4.78, 5) is 8.58. The van der Waals surface area contributed by atoms with Gasteiger partial charge in [0.2, 0.25) is 0 Å². The van der Waals surface area contributed by atoms with Gasteiger partial charge in [-0.15, -0.1) is 0 Å². The number of hydrogen-bond donors (Lipinski definition) is 1. The van der Waals surface area contributed by atoms with Gasteiger partial charge in [-0.2, -0.15) is 0 Å². The third-order valence-electron chi connectivity index (χ3n) is 3.89. The molecule has 2 rings (SSSR count). The maximum absolute atomic E-state index is 6.07. The molecule has 4 heteroatoms. The summed E-state index contributed by atoms with van der Waals surface area (Å²) in [5.74, 6) is 3.30. The fourth-order valence-electron chi connectivity index (χ4n) is 2.54. The van der Waals surface area contributed by atoms with E-state index in [-0.39, 0.29) is 0 Å². The maximum Gasteiger partial charge on any atom is 0.137 e. The van der Waals surface area contributed by atoms with Crippen LogP contribution in [-0.4, -0.2) is 16.5 Å². The van der Waals surface area contributed by atoms with Gasteiger partial charge in [0, 0.05) is 12.1 Å². The van der Waals surface area contributed by atoms with E-state index in [0.29, 0.717) is 5.15 Å². The van der Waals surface area contributed by atoms with Crippen molar-refractivity contribution < 1.29 is 0 Å². The molecule has 1 aromatic rings. The first-order chi connectivity index (χ1) is 8.56. The highest BCUT2D eigenvalue weighted by atomic mass is 35.5. The molecule has 0 aromatic carbocycles. The second kappa shape index (κ2) is 5.87. The second-order valence-electron chi connectivity index (χ2n) is 5.54. The van der Waals surface area contributed by atoms with Crippen LogP contribution in [0.3, 0.4) is 0 Å². The fourth-order valence-corrected chi connectivity index (χ4v) is 2.75. The number of aryl methyl sites for hydroxylation is 1. The van der Waals surface area contributed by atoms with E-state index >= 15 is 0 Å². The van der Waals surface area contributed by atoms with E-state index in [2.05, 4.69) is 22.2 Å². The molecular weight excluding hydrogens is 246 g/mol. The minimum Gasteiger partial charge on any atom is -0.369 e. The van der Waals surface area contributed by atoms with Gasteiger partial charge in [-0.1, -0.05) is 31.4 Å². The van der Waals surface area contributed by atoms with Crippen LogP contribution >= 0.6 is 11.6 Å². The van der Waals surface area contributed by atoms with Crippen LogP contribution in [0.2, 0.25) is 5.15 Å². The van der Waals surface area contributed by atoms with Gasteiger partial charge in [-0.3, -0.25) is 0 Å². The van der Waals surface area contributed by atoms with E-state index in [0.717, 1.165) is 35.6 Å². The Balaban J connectivity index is 1.94. The van der Waals surface area contributed by atoms with Gasteiger partial charge in [0.1, 0.15) is 16.8 Å². The van der Waals surface area contributed by atoms with Gasteiger partial charge < -0.3 is 5.32 Å². The lowest BCUT2D eigenvalue weighted by atomic mass is 9.83. The van der Waals surface area contributed by atoms with E-state index < -0.39 is 0 Å². The summed E-state index contributed by atoms with van der Waals surface area (Å²) in [5.41, 5.74) is 0.950. The zero-order valence-electron chi connectivity index (χ0n) is 11.5. The zero-order valence-corrected chi connectivity index (χ0v) is 12.2. The summed E-state index contributed by atoms with van der Waals surface area (Å²) < 4.78 is 0. The van der Waals surface area contributed by atoms with Crippen LogP contribution in [0.5, 0.6) is 0 Å². The number of nitrogens with zero attached hydrogens (tertiary/aromatic N) is 2. The van der Waals surface area contributed by atoms with Crippen molar-refractivity contribution in [2.45, 2.75) is 46.5 Å². The van der Waals surface area contributed by atoms with E-state index in [1.54, 1.807) is 0 Å². The molecule has 1 aliphatic carbocycles. The van der Waals surface area contributed by atoms with Crippen molar-refractivity contribution >= 4 is 17.4 Å². The number of aromatic nitrogens is 2. The van der Waals surface area contributed by atoms with Crippen LogP contribution < -0.4 is 5.32 Å². The number of rotatable bonds is 3. The summed E-state index contributed by atoms with van der Waals surface area (Å²) in [7, 11) is 0. The molecule has 0 saturated heterocycles. The Morgan fingerprint density at radius 2 is 1.83 bits per heavy atom. The summed E-state index contributed by atoms with van der Waals surface area (Å²) in [6.45, 7) is 7.19. The average Bonchev–Trinajstić information content (AvgIpc) is 2.34. The first-order valence-electron chi connectivity index (χ1n) is 6.81. The number of anilines is 1. The molecule has 0 atom stereocenters. The molecule has 0 unspecified atom stereocenters. The van der Waals surface area contributed by atoms with Gasteiger partial charge in [0.25, 0.3) is 0 Å². The molecule has 1 N–H and O–H groups in total. The Morgan fingerprint density at radius 3 is 2.50 bits per heavy atom. The van der Waals surface area contributed by atoms with Crippen LogP contribution in [0.4, 0.5) is 5.82 Å². The van der Waals surface area contributed by atoms with Gasteiger partial charge in [0.15, 0.2) is 0 Å². The largest absolute Gasteiger partial charge is 0.369 e. The molecule has 1 fully saturated rings. The van der Waals surface area contributed by atoms with E-state index in [1.165, 1.54) is 25.7 Å². The minimum absolute atomic E-state index is 0.558. The molecular formula is C14H22ClN3. The second-order valence-corrected chi connectivity index (χ2v) is 5.90. The molecule has 0 aliphatic heterocycles. The Kier molecular flexibility index (Phi) is 4.44. The predicted octanol–water partition coefficient (Wildman–Crippen LogP) is 3.99. The highest BCUT2D eigenvalue weighted by Gasteiger charge is 2.18. The highest BCUT2D eigenvalue weighted by molar-refractivity contribution is 6.30. The van der Waals surface area contributed by atoms with Crippen LogP contribution in [-0.2, 0) is 0 Å². The van der Waals surface area contributed by atoms with Gasteiger partial charge in [-0.25, -0.2) is 9.97 Å². The van der Waals surface area contributed by atoms with Crippen molar-refractivity contribution in [1.29, 1.82) is 0 Å². The third-order valence-corrected chi connectivity index (χ3v) is 4.26. The van der Waals surface area contributed by atoms with Crippen molar-refractivity contribution in [3.63, 3.8) is 0 Å². The van der Waals surface area contributed by atoms with Gasteiger partial charge in [-0.05, 0) is 38.5 Å². The smallest absolute Gasteiger partial charge is 0.137 e. The highest BCUT2D eigenvalue weighted by Crippen LogP contribution is 2.29. The molecule has 0 spiro atoms.